The van der Waals surface area contributed by atoms with Crippen molar-refractivity contribution >= 4 is 11.8 Å². The van der Waals surface area contributed by atoms with Crippen molar-refractivity contribution in [1.29, 1.82) is 0 Å². The average Bonchev–Trinajstić information content (AvgIpc) is 2.61. The third kappa shape index (κ3) is 3.86. The van der Waals surface area contributed by atoms with E-state index in [-0.39, 0.29) is 0 Å². The van der Waals surface area contributed by atoms with Crippen LogP contribution in [0.2, 0.25) is 0 Å². The molecule has 0 saturated heterocycles. The van der Waals surface area contributed by atoms with Crippen molar-refractivity contribution < 1.29 is 4.74 Å². The molecule has 0 fully saturated rings. The van der Waals surface area contributed by atoms with E-state index in [1.807, 2.05) is 42.5 Å². The lowest BCUT2D eigenvalue weighted by molar-refractivity contribution is 0.345. The summed E-state index contributed by atoms with van der Waals surface area (Å²) in [5.41, 5.74) is 2.28. The third-order valence-electron chi connectivity index (χ3n) is 3.09. The Hall–Kier alpha value is -2.33. The maximum Gasteiger partial charge on any atom is 0.187 e. The normalized spacial score (nSPS) is 10.4. The van der Waals surface area contributed by atoms with E-state index in [1.54, 1.807) is 24.2 Å². The number of hydrogen-bond acceptors (Lipinski definition) is 4. The molecule has 0 N–H and O–H groups in total. The van der Waals surface area contributed by atoms with Gasteiger partial charge in [0.15, 0.2) is 5.16 Å². The molecule has 0 aliphatic carbocycles. The topological polar surface area (TPSA) is 35.0 Å². The van der Waals surface area contributed by atoms with Crippen LogP contribution in [-0.4, -0.2) is 22.3 Å². The summed E-state index contributed by atoms with van der Waals surface area (Å²) in [7, 11) is 0. The van der Waals surface area contributed by atoms with Crippen LogP contribution < -0.4 is 4.74 Å². The molecule has 0 bridgehead atoms. The minimum absolute atomic E-state index is 0.618. The van der Waals surface area contributed by atoms with E-state index in [1.165, 1.54) is 0 Å². The molecular weight excluding hydrogens is 292 g/mol. The highest BCUT2D eigenvalue weighted by atomic mass is 32.2. The number of rotatable bonds is 6. The lowest BCUT2D eigenvalue weighted by atomic mass is 10.1. The molecule has 22 heavy (non-hydrogen) atoms. The predicted octanol–water partition coefficient (Wildman–Crippen LogP) is 4.31. The molecule has 1 heterocycles. The molecular formula is C18H16N2OS. The number of benzene rings is 2. The van der Waals surface area contributed by atoms with Crippen molar-refractivity contribution in [3.8, 4) is 16.9 Å². The number of aromatic nitrogens is 2. The lowest BCUT2D eigenvalue weighted by Crippen LogP contribution is -2.02. The summed E-state index contributed by atoms with van der Waals surface area (Å²) in [6, 6.07) is 20.2. The SMILES string of the molecule is c1ccc(-c2ccccc2OCCSc2ncccn2)cc1. The van der Waals surface area contributed by atoms with Gasteiger partial charge in [-0.15, -0.1) is 0 Å². The van der Waals surface area contributed by atoms with Crippen molar-refractivity contribution in [2.24, 2.45) is 0 Å². The van der Waals surface area contributed by atoms with Crippen LogP contribution in [0.25, 0.3) is 11.1 Å². The first kappa shape index (κ1) is 14.6. The molecule has 3 rings (SSSR count). The molecule has 2 aromatic carbocycles. The minimum atomic E-state index is 0.618. The second kappa shape index (κ2) is 7.61. The summed E-state index contributed by atoms with van der Waals surface area (Å²) >= 11 is 1.59. The summed E-state index contributed by atoms with van der Waals surface area (Å²) in [5.74, 6) is 1.72. The van der Waals surface area contributed by atoms with Crippen LogP contribution in [0.5, 0.6) is 5.75 Å². The Morgan fingerprint density at radius 3 is 2.36 bits per heavy atom. The van der Waals surface area contributed by atoms with E-state index in [0.717, 1.165) is 27.8 Å². The number of thioether (sulfide) groups is 1. The van der Waals surface area contributed by atoms with Crippen molar-refractivity contribution in [2.75, 3.05) is 12.4 Å². The molecule has 4 heteroatoms. The monoisotopic (exact) mass is 308 g/mol. The Kier molecular flexibility index (Phi) is 5.05. The molecule has 1 aromatic heterocycles. The average molecular weight is 308 g/mol. The van der Waals surface area contributed by atoms with Crippen LogP contribution in [0, 0.1) is 0 Å². The molecule has 0 unspecified atom stereocenters. The van der Waals surface area contributed by atoms with Gasteiger partial charge in [0.05, 0.1) is 6.61 Å². The first-order valence-electron chi connectivity index (χ1n) is 7.10. The molecule has 3 aromatic rings. The zero-order valence-corrected chi connectivity index (χ0v) is 12.9. The largest absolute Gasteiger partial charge is 0.492 e. The fraction of sp³-hybridized carbons (Fsp3) is 0.111. The zero-order valence-electron chi connectivity index (χ0n) is 12.1. The lowest BCUT2D eigenvalue weighted by Gasteiger charge is -2.11. The van der Waals surface area contributed by atoms with E-state index in [0.29, 0.717) is 6.61 Å². The van der Waals surface area contributed by atoms with Gasteiger partial charge in [0.2, 0.25) is 0 Å². The van der Waals surface area contributed by atoms with E-state index in [9.17, 15) is 0 Å². The van der Waals surface area contributed by atoms with Gasteiger partial charge >= 0.3 is 0 Å². The highest BCUT2D eigenvalue weighted by molar-refractivity contribution is 7.99. The standard InChI is InChI=1S/C18H16N2OS/c1-2-7-15(8-3-1)16-9-4-5-10-17(16)21-13-14-22-18-19-11-6-12-20-18/h1-12H,13-14H2. The summed E-state index contributed by atoms with van der Waals surface area (Å²) < 4.78 is 5.94. The number of para-hydroxylation sites is 1. The Morgan fingerprint density at radius 2 is 1.55 bits per heavy atom. The molecule has 0 amide bonds. The Labute approximate surface area is 134 Å². The third-order valence-corrected chi connectivity index (χ3v) is 3.93. The first-order chi connectivity index (χ1) is 10.9. The smallest absolute Gasteiger partial charge is 0.187 e. The quantitative estimate of drug-likeness (QED) is 0.386. The van der Waals surface area contributed by atoms with Crippen molar-refractivity contribution in [3.63, 3.8) is 0 Å². The van der Waals surface area contributed by atoms with Crippen LogP contribution in [-0.2, 0) is 0 Å². The van der Waals surface area contributed by atoms with Gasteiger partial charge in [-0.05, 0) is 17.7 Å². The van der Waals surface area contributed by atoms with Crippen LogP contribution in [0.1, 0.15) is 0 Å². The molecule has 110 valence electrons. The van der Waals surface area contributed by atoms with Crippen molar-refractivity contribution in [1.82, 2.24) is 9.97 Å². The van der Waals surface area contributed by atoms with Crippen molar-refractivity contribution in [2.45, 2.75) is 5.16 Å². The van der Waals surface area contributed by atoms with Crippen molar-refractivity contribution in [3.05, 3.63) is 73.1 Å². The van der Waals surface area contributed by atoms with Gasteiger partial charge in [0, 0.05) is 23.7 Å². The van der Waals surface area contributed by atoms with Crippen LogP contribution >= 0.6 is 11.8 Å². The van der Waals surface area contributed by atoms with Crippen LogP contribution in [0.15, 0.2) is 78.2 Å². The summed E-state index contributed by atoms with van der Waals surface area (Å²) in [6.45, 7) is 0.618. The number of hydrogen-bond donors (Lipinski definition) is 0. The molecule has 0 atom stereocenters. The Bertz CT molecular complexity index is 705. The highest BCUT2D eigenvalue weighted by Crippen LogP contribution is 2.29. The second-order valence-electron chi connectivity index (χ2n) is 4.59. The van der Waals surface area contributed by atoms with E-state index >= 15 is 0 Å². The van der Waals surface area contributed by atoms with Crippen LogP contribution in [0.4, 0.5) is 0 Å². The number of nitrogens with zero attached hydrogens (tertiary/aromatic N) is 2. The van der Waals surface area contributed by atoms with E-state index < -0.39 is 0 Å². The van der Waals surface area contributed by atoms with Gasteiger partial charge < -0.3 is 4.74 Å². The minimum Gasteiger partial charge on any atom is -0.492 e. The van der Waals surface area contributed by atoms with Gasteiger partial charge in [-0.3, -0.25) is 0 Å². The van der Waals surface area contributed by atoms with E-state index in [4.69, 9.17) is 4.74 Å². The molecule has 0 radical (unpaired) electrons. The first-order valence-corrected chi connectivity index (χ1v) is 8.09. The van der Waals surface area contributed by atoms with Gasteiger partial charge in [-0.2, -0.15) is 0 Å². The van der Waals surface area contributed by atoms with Gasteiger partial charge in [0.25, 0.3) is 0 Å². The van der Waals surface area contributed by atoms with E-state index in [2.05, 4.69) is 28.2 Å². The Balaban J connectivity index is 1.61. The maximum absolute atomic E-state index is 5.94. The van der Waals surface area contributed by atoms with Gasteiger partial charge in [-0.25, -0.2) is 9.97 Å². The van der Waals surface area contributed by atoms with Gasteiger partial charge in [-0.1, -0.05) is 60.3 Å². The van der Waals surface area contributed by atoms with Crippen LogP contribution in [0.3, 0.4) is 0 Å². The molecule has 0 spiro atoms. The second-order valence-corrected chi connectivity index (χ2v) is 5.65. The summed E-state index contributed by atoms with van der Waals surface area (Å²) in [4.78, 5) is 8.37. The predicted molar refractivity (Wildman–Crippen MR) is 90.1 cm³/mol. The fourth-order valence-corrected chi connectivity index (χ4v) is 2.71. The molecule has 0 saturated carbocycles. The summed E-state index contributed by atoms with van der Waals surface area (Å²) in [5, 5.41) is 0.780. The molecule has 3 nitrogen and oxygen atoms in total. The number of ether oxygens (including phenoxy) is 1. The summed E-state index contributed by atoms with van der Waals surface area (Å²) in [6.07, 6.45) is 3.50. The zero-order chi connectivity index (χ0) is 15.0. The molecule has 0 aliphatic rings. The van der Waals surface area contributed by atoms with Gasteiger partial charge in [0.1, 0.15) is 5.75 Å². The molecule has 0 aliphatic heterocycles. The Morgan fingerprint density at radius 1 is 0.818 bits per heavy atom. The maximum atomic E-state index is 5.94. The highest BCUT2D eigenvalue weighted by Gasteiger charge is 2.05. The fourth-order valence-electron chi connectivity index (χ4n) is 2.09.